The highest BCUT2D eigenvalue weighted by atomic mass is 19.1. The summed E-state index contributed by atoms with van der Waals surface area (Å²) in [6.07, 6.45) is 3.54. The topological polar surface area (TPSA) is 98.5 Å². The Bertz CT molecular complexity index is 1360. The molecule has 8 heteroatoms. The molecule has 4 N–H and O–H groups in total. The van der Waals surface area contributed by atoms with Crippen LogP contribution in [0.5, 0.6) is 0 Å². The van der Waals surface area contributed by atoms with Crippen molar-refractivity contribution in [3.8, 4) is 22.4 Å². The number of aromatic nitrogens is 4. The molecular formula is C23H17FN6O. The van der Waals surface area contributed by atoms with E-state index in [-0.39, 0.29) is 0 Å². The number of carbonyl (C=O) groups is 1. The largest absolute Gasteiger partial charge is 0.323 e. The number of halogens is 1. The van der Waals surface area contributed by atoms with Gasteiger partial charge in [0, 0.05) is 28.5 Å². The fourth-order valence-electron chi connectivity index (χ4n) is 3.41. The number of fused-ring (bicyclic) bond motifs is 1. The molecule has 7 nitrogen and oxygen atoms in total. The highest BCUT2D eigenvalue weighted by Gasteiger charge is 2.10. The van der Waals surface area contributed by atoms with Crippen LogP contribution >= 0.6 is 0 Å². The van der Waals surface area contributed by atoms with Crippen LogP contribution in [0.3, 0.4) is 0 Å². The molecule has 0 saturated carbocycles. The van der Waals surface area contributed by atoms with Crippen LogP contribution in [-0.4, -0.2) is 26.4 Å². The lowest BCUT2D eigenvalue weighted by Gasteiger charge is -2.09. The first-order valence-electron chi connectivity index (χ1n) is 9.57. The Hall–Kier alpha value is -4.46. The Kier molecular flexibility index (Phi) is 4.64. The van der Waals surface area contributed by atoms with E-state index < -0.39 is 11.8 Å². The molecule has 5 rings (SSSR count). The third-order valence-corrected chi connectivity index (χ3v) is 4.89. The second-order valence-electron chi connectivity index (χ2n) is 6.99. The number of urea groups is 1. The molecule has 0 spiro atoms. The van der Waals surface area contributed by atoms with Crippen molar-refractivity contribution in [3.05, 3.63) is 84.9 Å². The molecule has 152 valence electrons. The Morgan fingerprint density at radius 1 is 0.871 bits per heavy atom. The zero-order valence-corrected chi connectivity index (χ0v) is 16.2. The van der Waals surface area contributed by atoms with Crippen molar-refractivity contribution >= 4 is 28.3 Å². The van der Waals surface area contributed by atoms with Crippen LogP contribution in [0.1, 0.15) is 0 Å². The van der Waals surface area contributed by atoms with Gasteiger partial charge < -0.3 is 10.6 Å². The van der Waals surface area contributed by atoms with Crippen molar-refractivity contribution in [1.29, 1.82) is 0 Å². The Labute approximate surface area is 176 Å². The quantitative estimate of drug-likeness (QED) is 0.318. The van der Waals surface area contributed by atoms with Crippen molar-refractivity contribution in [3.63, 3.8) is 0 Å². The van der Waals surface area contributed by atoms with Crippen LogP contribution in [0.2, 0.25) is 0 Å². The molecule has 0 aliphatic rings. The van der Waals surface area contributed by atoms with Crippen LogP contribution in [-0.2, 0) is 0 Å². The normalized spacial score (nSPS) is 10.9. The van der Waals surface area contributed by atoms with Gasteiger partial charge in [0.2, 0.25) is 0 Å². The minimum atomic E-state index is -0.441. The van der Waals surface area contributed by atoms with Gasteiger partial charge in [-0.05, 0) is 53.6 Å². The lowest BCUT2D eigenvalue weighted by atomic mass is 10.0. The maximum absolute atomic E-state index is 13.2. The average molecular weight is 412 g/mol. The van der Waals surface area contributed by atoms with E-state index in [1.165, 1.54) is 18.2 Å². The molecule has 5 aromatic rings. The van der Waals surface area contributed by atoms with Gasteiger partial charge in [0.1, 0.15) is 11.5 Å². The van der Waals surface area contributed by atoms with Gasteiger partial charge in [-0.1, -0.05) is 24.3 Å². The second kappa shape index (κ2) is 7.75. The summed E-state index contributed by atoms with van der Waals surface area (Å²) in [5.41, 5.74) is 5.72. The fourth-order valence-corrected chi connectivity index (χ4v) is 3.41. The third-order valence-electron chi connectivity index (χ3n) is 4.89. The van der Waals surface area contributed by atoms with Crippen LogP contribution in [0, 0.1) is 5.82 Å². The summed E-state index contributed by atoms with van der Waals surface area (Å²) in [7, 11) is 0. The highest BCUT2D eigenvalue weighted by Crippen LogP contribution is 2.30. The molecule has 0 unspecified atom stereocenters. The van der Waals surface area contributed by atoms with Crippen molar-refractivity contribution in [2.45, 2.75) is 0 Å². The number of nitrogens with one attached hydrogen (secondary N) is 4. The van der Waals surface area contributed by atoms with E-state index in [9.17, 15) is 9.18 Å². The summed E-state index contributed by atoms with van der Waals surface area (Å²) in [6.45, 7) is 0. The Morgan fingerprint density at radius 3 is 2.45 bits per heavy atom. The summed E-state index contributed by atoms with van der Waals surface area (Å²) in [4.78, 5) is 12.1. The second-order valence-corrected chi connectivity index (χ2v) is 6.99. The minimum absolute atomic E-state index is 0.386. The smallest absolute Gasteiger partial charge is 0.308 e. The number of benzene rings is 3. The molecule has 2 heterocycles. The van der Waals surface area contributed by atoms with Crippen molar-refractivity contribution in [2.75, 3.05) is 10.6 Å². The molecule has 0 radical (unpaired) electrons. The number of carbonyl (C=O) groups excluding carboxylic acids is 1. The number of amides is 2. The summed E-state index contributed by atoms with van der Waals surface area (Å²) in [5, 5.41) is 20.6. The van der Waals surface area contributed by atoms with Gasteiger partial charge in [0.05, 0.1) is 11.7 Å². The van der Waals surface area contributed by atoms with Gasteiger partial charge in [-0.3, -0.25) is 10.2 Å². The van der Waals surface area contributed by atoms with E-state index in [1.54, 1.807) is 18.5 Å². The number of H-pyrrole nitrogens is 2. The fraction of sp³-hybridized carbons (Fsp3) is 0. The SMILES string of the molecule is O=C(Nc1ccc(-c2ccc3c(-c4cn[nH]c4)n[nH]c3c2)cc1)Nc1cccc(F)c1. The van der Waals surface area contributed by atoms with Crippen molar-refractivity contribution in [1.82, 2.24) is 20.4 Å². The van der Waals surface area contributed by atoms with Gasteiger partial charge in [-0.15, -0.1) is 0 Å². The van der Waals surface area contributed by atoms with Crippen LogP contribution in [0.4, 0.5) is 20.6 Å². The molecule has 2 amide bonds. The van der Waals surface area contributed by atoms with E-state index >= 15 is 0 Å². The standard InChI is InChI=1S/C23H17FN6O/c24-17-2-1-3-19(11-17)28-23(31)27-18-7-4-14(5-8-18)15-6-9-20-21(10-15)29-30-22(20)16-12-25-26-13-16/h1-13H,(H,25,26)(H,29,30)(H2,27,28,31). The van der Waals surface area contributed by atoms with Crippen molar-refractivity contribution < 1.29 is 9.18 Å². The van der Waals surface area contributed by atoms with E-state index in [2.05, 4.69) is 31.0 Å². The number of hydrogen-bond donors (Lipinski definition) is 4. The molecular weight excluding hydrogens is 395 g/mol. The van der Waals surface area contributed by atoms with Crippen LogP contribution in [0.25, 0.3) is 33.3 Å². The number of nitrogens with zero attached hydrogens (tertiary/aromatic N) is 2. The maximum Gasteiger partial charge on any atom is 0.323 e. The van der Waals surface area contributed by atoms with E-state index in [4.69, 9.17) is 0 Å². The molecule has 0 bridgehead atoms. The monoisotopic (exact) mass is 412 g/mol. The first-order chi connectivity index (χ1) is 15.2. The predicted molar refractivity (Wildman–Crippen MR) is 118 cm³/mol. The lowest BCUT2D eigenvalue weighted by molar-refractivity contribution is 0.262. The first-order valence-corrected chi connectivity index (χ1v) is 9.57. The van der Waals surface area contributed by atoms with E-state index in [0.717, 1.165) is 33.3 Å². The summed E-state index contributed by atoms with van der Waals surface area (Å²) in [5.74, 6) is -0.409. The van der Waals surface area contributed by atoms with E-state index in [0.29, 0.717) is 11.4 Å². The minimum Gasteiger partial charge on any atom is -0.308 e. The van der Waals surface area contributed by atoms with Gasteiger partial charge in [-0.2, -0.15) is 10.2 Å². The highest BCUT2D eigenvalue weighted by molar-refractivity contribution is 6.00. The molecule has 0 atom stereocenters. The van der Waals surface area contributed by atoms with Gasteiger partial charge >= 0.3 is 6.03 Å². The number of aromatic amines is 2. The Morgan fingerprint density at radius 2 is 1.68 bits per heavy atom. The molecule has 0 saturated heterocycles. The molecule has 3 aromatic carbocycles. The number of hydrogen-bond acceptors (Lipinski definition) is 3. The van der Waals surface area contributed by atoms with Crippen molar-refractivity contribution in [2.24, 2.45) is 0 Å². The Balaban J connectivity index is 1.31. The molecule has 0 aliphatic heterocycles. The van der Waals surface area contributed by atoms with E-state index in [1.807, 2.05) is 42.5 Å². The van der Waals surface area contributed by atoms with Gasteiger partial charge in [0.15, 0.2) is 0 Å². The zero-order valence-electron chi connectivity index (χ0n) is 16.2. The summed E-state index contributed by atoms with van der Waals surface area (Å²) >= 11 is 0. The lowest BCUT2D eigenvalue weighted by Crippen LogP contribution is -2.19. The first kappa shape index (κ1) is 18.6. The molecule has 2 aromatic heterocycles. The van der Waals surface area contributed by atoms with Crippen LogP contribution in [0.15, 0.2) is 79.1 Å². The predicted octanol–water partition coefficient (Wildman–Crippen LogP) is 5.40. The van der Waals surface area contributed by atoms with Gasteiger partial charge in [-0.25, -0.2) is 9.18 Å². The molecule has 31 heavy (non-hydrogen) atoms. The molecule has 0 aliphatic carbocycles. The summed E-state index contributed by atoms with van der Waals surface area (Å²) < 4.78 is 13.2. The number of anilines is 2. The summed E-state index contributed by atoms with van der Waals surface area (Å²) in [6, 6.07) is 18.8. The molecule has 0 fully saturated rings. The van der Waals surface area contributed by atoms with Gasteiger partial charge in [0.25, 0.3) is 0 Å². The maximum atomic E-state index is 13.2. The van der Waals surface area contributed by atoms with Crippen LogP contribution < -0.4 is 10.6 Å². The average Bonchev–Trinajstić information content (AvgIpc) is 3.43. The number of rotatable bonds is 4. The third kappa shape index (κ3) is 3.86. The zero-order chi connectivity index (χ0) is 21.2.